The number of carbonyl (C=O) groups excluding carboxylic acids is 1. The molecule has 0 bridgehead atoms. The molecule has 1 heterocycles. The number of benzene rings is 1. The summed E-state index contributed by atoms with van der Waals surface area (Å²) in [4.78, 5) is 20.5. The maximum atomic E-state index is 11.4. The molecule has 0 spiro atoms. The van der Waals surface area contributed by atoms with Crippen molar-refractivity contribution in [1.29, 1.82) is 0 Å². The summed E-state index contributed by atoms with van der Waals surface area (Å²) in [6, 6.07) is 9.97. The van der Waals surface area contributed by atoms with Crippen LogP contribution in [0.3, 0.4) is 0 Å². The summed E-state index contributed by atoms with van der Waals surface area (Å²) in [5.74, 6) is 0.328. The summed E-state index contributed by atoms with van der Waals surface area (Å²) >= 11 is 0. The van der Waals surface area contributed by atoms with Crippen LogP contribution >= 0.6 is 0 Å². The third-order valence-electron chi connectivity index (χ3n) is 3.39. The predicted octanol–water partition coefficient (Wildman–Crippen LogP) is 3.97. The van der Waals surface area contributed by atoms with Crippen molar-refractivity contribution in [2.45, 2.75) is 34.1 Å². The van der Waals surface area contributed by atoms with Crippen molar-refractivity contribution in [3.8, 4) is 0 Å². The van der Waals surface area contributed by atoms with Crippen LogP contribution in [0.4, 0.5) is 5.82 Å². The highest BCUT2D eigenvalue weighted by molar-refractivity contribution is 5.88. The van der Waals surface area contributed by atoms with E-state index in [0.29, 0.717) is 18.8 Å². The van der Waals surface area contributed by atoms with Crippen LogP contribution in [0.25, 0.3) is 5.57 Å². The van der Waals surface area contributed by atoms with Crippen LogP contribution in [0.2, 0.25) is 0 Å². The van der Waals surface area contributed by atoms with Gasteiger partial charge in [0.05, 0.1) is 17.6 Å². The zero-order valence-electron chi connectivity index (χ0n) is 16.0. The molecule has 5 heteroatoms. The Balaban J connectivity index is 0.00000163. The molecule has 3 N–H and O–H groups in total. The Kier molecular flexibility index (Phi) is 9.57. The third-order valence-corrected chi connectivity index (χ3v) is 3.39. The number of carbonyl (C=O) groups is 1. The van der Waals surface area contributed by atoms with Crippen LogP contribution < -0.4 is 11.1 Å². The molecule has 0 unspecified atom stereocenters. The Bertz CT molecular complexity index is 752. The van der Waals surface area contributed by atoms with Crippen molar-refractivity contribution in [2.24, 2.45) is 5.73 Å². The van der Waals surface area contributed by atoms with E-state index in [9.17, 15) is 4.79 Å². The van der Waals surface area contributed by atoms with Crippen molar-refractivity contribution in [3.63, 3.8) is 0 Å². The van der Waals surface area contributed by atoms with E-state index in [1.165, 1.54) is 6.92 Å². The summed E-state index contributed by atoms with van der Waals surface area (Å²) in [5, 5.41) is 2.75. The van der Waals surface area contributed by atoms with Crippen molar-refractivity contribution in [2.75, 3.05) is 11.9 Å². The van der Waals surface area contributed by atoms with Gasteiger partial charge in [0.25, 0.3) is 0 Å². The molecule has 0 aliphatic carbocycles. The average molecular weight is 352 g/mol. The van der Waals surface area contributed by atoms with E-state index in [2.05, 4.69) is 10.3 Å². The van der Waals surface area contributed by atoms with Crippen molar-refractivity contribution >= 4 is 17.3 Å². The molecule has 0 fully saturated rings. The summed E-state index contributed by atoms with van der Waals surface area (Å²) in [6.45, 7) is 7.87. The lowest BCUT2D eigenvalue weighted by atomic mass is 10.1. The quantitative estimate of drug-likeness (QED) is 0.771. The summed E-state index contributed by atoms with van der Waals surface area (Å²) < 4.78 is 0. The standard InChI is InChI=1S/C19H22N4O.C2H6/c1-3-16(10-7-11-20)18-13-21-19(22-14(2)24)17(23-18)12-15-8-5-4-6-9-15;1-2/h3-10,13H,11-12,20H2,1-2H3,(H,21,22,24);1-2H3/b10-7-,16-3+;. The van der Waals surface area contributed by atoms with Gasteiger partial charge in [-0.25, -0.2) is 9.97 Å². The fourth-order valence-corrected chi connectivity index (χ4v) is 2.27. The van der Waals surface area contributed by atoms with Crippen LogP contribution in [-0.4, -0.2) is 22.4 Å². The van der Waals surface area contributed by atoms with Gasteiger partial charge in [-0.2, -0.15) is 0 Å². The summed E-state index contributed by atoms with van der Waals surface area (Å²) in [7, 11) is 0. The van der Waals surface area contributed by atoms with E-state index < -0.39 is 0 Å². The van der Waals surface area contributed by atoms with Crippen molar-refractivity contribution in [3.05, 3.63) is 71.7 Å². The van der Waals surface area contributed by atoms with Gasteiger partial charge in [0.1, 0.15) is 0 Å². The Morgan fingerprint density at radius 1 is 1.23 bits per heavy atom. The van der Waals surface area contributed by atoms with Gasteiger partial charge < -0.3 is 11.1 Å². The molecule has 26 heavy (non-hydrogen) atoms. The second-order valence-electron chi connectivity index (χ2n) is 5.28. The molecule has 1 amide bonds. The van der Waals surface area contributed by atoms with E-state index in [4.69, 9.17) is 10.7 Å². The second kappa shape index (κ2) is 11.7. The first-order valence-electron chi connectivity index (χ1n) is 8.84. The van der Waals surface area contributed by atoms with Gasteiger partial charge in [0.15, 0.2) is 5.82 Å². The molecule has 0 aliphatic heterocycles. The van der Waals surface area contributed by atoms with Crippen molar-refractivity contribution in [1.82, 2.24) is 9.97 Å². The molecule has 0 aliphatic rings. The molecule has 138 valence electrons. The molecule has 2 rings (SSSR count). The topological polar surface area (TPSA) is 80.9 Å². The highest BCUT2D eigenvalue weighted by atomic mass is 16.1. The first-order chi connectivity index (χ1) is 12.6. The number of hydrogen-bond donors (Lipinski definition) is 2. The Morgan fingerprint density at radius 2 is 1.92 bits per heavy atom. The number of nitrogens with one attached hydrogen (secondary N) is 1. The highest BCUT2D eigenvalue weighted by Gasteiger charge is 2.11. The number of rotatable bonds is 6. The zero-order chi connectivity index (χ0) is 19.4. The fourth-order valence-electron chi connectivity index (χ4n) is 2.27. The molecule has 0 saturated heterocycles. The van der Waals surface area contributed by atoms with Gasteiger partial charge in [0.2, 0.25) is 5.91 Å². The lowest BCUT2D eigenvalue weighted by Crippen LogP contribution is -2.12. The van der Waals surface area contributed by atoms with Gasteiger partial charge in [0, 0.05) is 19.9 Å². The molecule has 1 aromatic heterocycles. The maximum Gasteiger partial charge on any atom is 0.222 e. The average Bonchev–Trinajstić information content (AvgIpc) is 2.66. The lowest BCUT2D eigenvalue weighted by Gasteiger charge is -2.11. The molecule has 2 aromatic rings. The van der Waals surface area contributed by atoms with Crippen LogP contribution in [0.15, 0.2) is 54.8 Å². The van der Waals surface area contributed by atoms with Gasteiger partial charge in [-0.15, -0.1) is 0 Å². The summed E-state index contributed by atoms with van der Waals surface area (Å²) in [6.07, 6.45) is 8.01. The third kappa shape index (κ3) is 6.61. The number of aromatic nitrogens is 2. The minimum Gasteiger partial charge on any atom is -0.327 e. The van der Waals surface area contributed by atoms with Crippen LogP contribution in [0, 0.1) is 0 Å². The molecule has 5 nitrogen and oxygen atoms in total. The number of allylic oxidation sites excluding steroid dienone is 3. The molecule has 0 radical (unpaired) electrons. The maximum absolute atomic E-state index is 11.4. The normalized spacial score (nSPS) is 11.0. The first kappa shape index (κ1) is 21.3. The number of nitrogens with zero attached hydrogens (tertiary/aromatic N) is 2. The fraction of sp³-hybridized carbons (Fsp3) is 0.286. The zero-order valence-corrected chi connectivity index (χ0v) is 16.0. The van der Waals surface area contributed by atoms with Gasteiger partial charge in [-0.3, -0.25) is 4.79 Å². The highest BCUT2D eigenvalue weighted by Crippen LogP contribution is 2.20. The SMILES string of the molecule is C/C=C(\C=C/CN)c1cnc(NC(C)=O)c(Cc2ccccc2)n1.CC. The van der Waals surface area contributed by atoms with Gasteiger partial charge >= 0.3 is 0 Å². The van der Waals surface area contributed by atoms with Crippen molar-refractivity contribution < 1.29 is 4.79 Å². The number of anilines is 1. The van der Waals surface area contributed by atoms with Crippen LogP contribution in [0.5, 0.6) is 0 Å². The largest absolute Gasteiger partial charge is 0.327 e. The van der Waals surface area contributed by atoms with E-state index in [1.807, 2.05) is 69.3 Å². The number of hydrogen-bond acceptors (Lipinski definition) is 4. The molecular weight excluding hydrogens is 324 g/mol. The first-order valence-corrected chi connectivity index (χ1v) is 8.84. The monoisotopic (exact) mass is 352 g/mol. The molecule has 0 saturated carbocycles. The van der Waals surface area contributed by atoms with E-state index in [-0.39, 0.29) is 5.91 Å². The smallest absolute Gasteiger partial charge is 0.222 e. The molecule has 1 aromatic carbocycles. The van der Waals surface area contributed by atoms with Crippen LogP contribution in [0.1, 0.15) is 44.6 Å². The predicted molar refractivity (Wildman–Crippen MR) is 109 cm³/mol. The van der Waals surface area contributed by atoms with E-state index in [0.717, 1.165) is 22.5 Å². The van der Waals surface area contributed by atoms with E-state index in [1.54, 1.807) is 6.20 Å². The minimum absolute atomic E-state index is 0.166. The Labute approximate surface area is 156 Å². The van der Waals surface area contributed by atoms with Gasteiger partial charge in [-0.05, 0) is 18.1 Å². The van der Waals surface area contributed by atoms with Crippen LogP contribution in [-0.2, 0) is 11.2 Å². The lowest BCUT2D eigenvalue weighted by molar-refractivity contribution is -0.114. The minimum atomic E-state index is -0.166. The number of amides is 1. The second-order valence-corrected chi connectivity index (χ2v) is 5.28. The van der Waals surface area contributed by atoms with E-state index >= 15 is 0 Å². The van der Waals surface area contributed by atoms with Gasteiger partial charge in [-0.1, -0.05) is 62.4 Å². The Morgan fingerprint density at radius 3 is 2.50 bits per heavy atom. The molecule has 0 atom stereocenters. The summed E-state index contributed by atoms with van der Waals surface area (Å²) in [5.41, 5.74) is 9.05. The Hall–Kier alpha value is -2.79. The number of nitrogens with two attached hydrogens (primary N) is 1. The molecular formula is C21H28N4O.